The standard InChI is InChI=1S/C17H23ClN2O3S/c18-14-7-9-15(10-8-14)24(22,23)20(12-13-4-3-5-13)16-6-1-2-11-19-17(16)21/h7-10,13,16H,1-6,11-12H2,(H,19,21). The van der Waals surface area contributed by atoms with Crippen LogP contribution in [0, 0.1) is 5.92 Å². The van der Waals surface area contributed by atoms with Gasteiger partial charge in [0.05, 0.1) is 4.90 Å². The van der Waals surface area contributed by atoms with Gasteiger partial charge in [-0.3, -0.25) is 4.79 Å². The predicted molar refractivity (Wildman–Crippen MR) is 93.3 cm³/mol. The summed E-state index contributed by atoms with van der Waals surface area (Å²) in [6.07, 6.45) is 5.50. The van der Waals surface area contributed by atoms with Crippen molar-refractivity contribution in [2.24, 2.45) is 5.92 Å². The van der Waals surface area contributed by atoms with Gasteiger partial charge in [0.25, 0.3) is 0 Å². The third-order valence-corrected chi connectivity index (χ3v) is 7.08. The first kappa shape index (κ1) is 17.7. The monoisotopic (exact) mass is 370 g/mol. The second-order valence-corrected chi connectivity index (χ2v) is 8.96. The highest BCUT2D eigenvalue weighted by molar-refractivity contribution is 7.89. The Morgan fingerprint density at radius 1 is 1.08 bits per heavy atom. The van der Waals surface area contributed by atoms with Crippen LogP contribution in [0.3, 0.4) is 0 Å². The van der Waals surface area contributed by atoms with Gasteiger partial charge in [0.2, 0.25) is 15.9 Å². The fourth-order valence-corrected chi connectivity index (χ4v) is 5.08. The van der Waals surface area contributed by atoms with E-state index >= 15 is 0 Å². The zero-order chi connectivity index (χ0) is 17.2. The topological polar surface area (TPSA) is 66.5 Å². The average Bonchev–Trinajstić information content (AvgIpc) is 2.71. The van der Waals surface area contributed by atoms with Crippen LogP contribution >= 0.6 is 11.6 Å². The molecular formula is C17H23ClN2O3S. The lowest BCUT2D eigenvalue weighted by Crippen LogP contribution is -2.50. The molecule has 2 fully saturated rings. The Morgan fingerprint density at radius 3 is 2.42 bits per heavy atom. The molecule has 0 radical (unpaired) electrons. The van der Waals surface area contributed by atoms with E-state index in [0.717, 1.165) is 32.1 Å². The number of rotatable bonds is 5. The molecule has 132 valence electrons. The van der Waals surface area contributed by atoms with Crippen LogP contribution in [0.5, 0.6) is 0 Å². The van der Waals surface area contributed by atoms with Crippen LogP contribution in [-0.4, -0.2) is 37.8 Å². The van der Waals surface area contributed by atoms with Crippen molar-refractivity contribution in [3.05, 3.63) is 29.3 Å². The van der Waals surface area contributed by atoms with Crippen molar-refractivity contribution in [2.45, 2.75) is 49.5 Å². The molecule has 1 aromatic carbocycles. The van der Waals surface area contributed by atoms with E-state index < -0.39 is 16.1 Å². The maximum absolute atomic E-state index is 13.2. The van der Waals surface area contributed by atoms with Crippen LogP contribution in [-0.2, 0) is 14.8 Å². The van der Waals surface area contributed by atoms with Crippen LogP contribution < -0.4 is 5.32 Å². The van der Waals surface area contributed by atoms with Gasteiger partial charge in [-0.05, 0) is 62.3 Å². The predicted octanol–water partition coefficient (Wildman–Crippen LogP) is 2.80. The molecule has 0 spiro atoms. The third-order valence-electron chi connectivity index (χ3n) is 4.94. The summed E-state index contributed by atoms with van der Waals surface area (Å²) in [7, 11) is -3.72. The van der Waals surface area contributed by atoms with Crippen molar-refractivity contribution in [3.8, 4) is 0 Å². The van der Waals surface area contributed by atoms with Gasteiger partial charge in [-0.25, -0.2) is 8.42 Å². The van der Waals surface area contributed by atoms with E-state index in [4.69, 9.17) is 11.6 Å². The average molecular weight is 371 g/mol. The van der Waals surface area contributed by atoms with Crippen molar-refractivity contribution >= 4 is 27.5 Å². The lowest BCUT2D eigenvalue weighted by atomic mass is 9.85. The summed E-state index contributed by atoms with van der Waals surface area (Å²) in [5.41, 5.74) is 0. The molecule has 0 bridgehead atoms. The molecule has 1 unspecified atom stereocenters. The zero-order valence-electron chi connectivity index (χ0n) is 13.6. The Morgan fingerprint density at radius 2 is 1.79 bits per heavy atom. The van der Waals surface area contributed by atoms with E-state index in [1.807, 2.05) is 0 Å². The lowest BCUT2D eigenvalue weighted by Gasteiger charge is -2.35. The van der Waals surface area contributed by atoms with Gasteiger partial charge in [0, 0.05) is 18.1 Å². The van der Waals surface area contributed by atoms with Crippen LogP contribution in [0.4, 0.5) is 0 Å². The lowest BCUT2D eigenvalue weighted by molar-refractivity contribution is -0.124. The molecule has 1 aromatic rings. The number of hydrogen-bond acceptors (Lipinski definition) is 3. The zero-order valence-corrected chi connectivity index (χ0v) is 15.2. The number of sulfonamides is 1. The number of carbonyl (C=O) groups is 1. The van der Waals surface area contributed by atoms with Crippen LogP contribution in [0.25, 0.3) is 0 Å². The first-order chi connectivity index (χ1) is 11.5. The number of hydrogen-bond donors (Lipinski definition) is 1. The molecule has 1 saturated carbocycles. The van der Waals surface area contributed by atoms with Gasteiger partial charge in [0.15, 0.2) is 0 Å². The Labute approximate surface area is 148 Å². The van der Waals surface area contributed by atoms with E-state index in [1.165, 1.54) is 16.4 Å². The first-order valence-electron chi connectivity index (χ1n) is 8.53. The van der Waals surface area contributed by atoms with Crippen molar-refractivity contribution in [1.82, 2.24) is 9.62 Å². The molecule has 3 rings (SSSR count). The highest BCUT2D eigenvalue weighted by Gasteiger charge is 2.38. The van der Waals surface area contributed by atoms with E-state index in [9.17, 15) is 13.2 Å². The highest BCUT2D eigenvalue weighted by Crippen LogP contribution is 2.31. The molecule has 5 nitrogen and oxygen atoms in total. The Hall–Kier alpha value is -1.11. The van der Waals surface area contributed by atoms with Crippen molar-refractivity contribution in [1.29, 1.82) is 0 Å². The van der Waals surface area contributed by atoms with Crippen LogP contribution in [0.15, 0.2) is 29.2 Å². The maximum Gasteiger partial charge on any atom is 0.243 e. The summed E-state index contributed by atoms with van der Waals surface area (Å²) in [6.45, 7) is 1.04. The maximum atomic E-state index is 13.2. The molecular weight excluding hydrogens is 348 g/mol. The minimum absolute atomic E-state index is 0.177. The summed E-state index contributed by atoms with van der Waals surface area (Å²) in [5, 5.41) is 3.34. The Balaban J connectivity index is 1.93. The van der Waals surface area contributed by atoms with Gasteiger partial charge in [-0.1, -0.05) is 18.0 Å². The molecule has 24 heavy (non-hydrogen) atoms. The minimum Gasteiger partial charge on any atom is -0.355 e. The van der Waals surface area contributed by atoms with Crippen LogP contribution in [0.2, 0.25) is 5.02 Å². The van der Waals surface area contributed by atoms with Gasteiger partial charge in [-0.2, -0.15) is 4.31 Å². The second kappa shape index (κ2) is 7.42. The number of nitrogens with one attached hydrogen (secondary N) is 1. The van der Waals surface area contributed by atoms with Gasteiger partial charge in [0.1, 0.15) is 6.04 Å². The highest BCUT2D eigenvalue weighted by atomic mass is 35.5. The Bertz CT molecular complexity index is 686. The van der Waals surface area contributed by atoms with E-state index in [1.54, 1.807) is 12.1 Å². The molecule has 2 aliphatic rings. The van der Waals surface area contributed by atoms with E-state index in [-0.39, 0.29) is 10.8 Å². The molecule has 1 amide bonds. The molecule has 7 heteroatoms. The summed E-state index contributed by atoms with van der Waals surface area (Å²) in [6, 6.07) is 5.56. The molecule has 1 saturated heterocycles. The van der Waals surface area contributed by atoms with Crippen molar-refractivity contribution in [3.63, 3.8) is 0 Å². The summed E-state index contributed by atoms with van der Waals surface area (Å²) >= 11 is 5.88. The number of benzene rings is 1. The SMILES string of the molecule is O=C1NCCCCC1N(CC1CCC1)S(=O)(=O)c1ccc(Cl)cc1. The van der Waals surface area contributed by atoms with Gasteiger partial charge in [-0.15, -0.1) is 0 Å². The number of amides is 1. The molecule has 1 aliphatic carbocycles. The molecule has 1 atom stereocenters. The van der Waals surface area contributed by atoms with Crippen molar-refractivity contribution < 1.29 is 13.2 Å². The normalized spacial score (nSPS) is 22.8. The fourth-order valence-electron chi connectivity index (χ4n) is 3.26. The van der Waals surface area contributed by atoms with Gasteiger partial charge >= 0.3 is 0 Å². The Kier molecular flexibility index (Phi) is 5.47. The largest absolute Gasteiger partial charge is 0.355 e. The first-order valence-corrected chi connectivity index (χ1v) is 10.4. The molecule has 1 N–H and O–H groups in total. The number of carbonyl (C=O) groups excluding carboxylic acids is 1. The minimum atomic E-state index is -3.72. The number of halogens is 1. The quantitative estimate of drug-likeness (QED) is 0.866. The third kappa shape index (κ3) is 3.76. The second-order valence-electron chi connectivity index (χ2n) is 6.63. The fraction of sp³-hybridized carbons (Fsp3) is 0.588. The molecule has 0 aromatic heterocycles. The summed E-state index contributed by atoms with van der Waals surface area (Å²) < 4.78 is 27.8. The van der Waals surface area contributed by atoms with Crippen molar-refractivity contribution in [2.75, 3.05) is 13.1 Å². The molecule has 1 heterocycles. The molecule has 1 aliphatic heterocycles. The number of nitrogens with zero attached hydrogens (tertiary/aromatic N) is 1. The van der Waals surface area contributed by atoms with Crippen LogP contribution in [0.1, 0.15) is 38.5 Å². The summed E-state index contributed by atoms with van der Waals surface area (Å²) in [5.74, 6) is 0.174. The summed E-state index contributed by atoms with van der Waals surface area (Å²) in [4.78, 5) is 12.6. The van der Waals surface area contributed by atoms with E-state index in [0.29, 0.717) is 30.5 Å². The van der Waals surface area contributed by atoms with E-state index in [2.05, 4.69) is 5.32 Å². The smallest absolute Gasteiger partial charge is 0.243 e. The van der Waals surface area contributed by atoms with Gasteiger partial charge < -0.3 is 5.32 Å².